The van der Waals surface area contributed by atoms with Gasteiger partial charge in [-0.2, -0.15) is 0 Å². The van der Waals surface area contributed by atoms with Crippen LogP contribution in [0.3, 0.4) is 0 Å². The monoisotopic (exact) mass is 303 g/mol. The standard InChI is InChI=1S/C12H17NO4S2/c1-12(2)6-8(12)7-13-19(16,17)11-4-3-9(18-11)5-10(14)15/h3-4,8,13H,5-7H2,1-2H3,(H,14,15). The van der Waals surface area contributed by atoms with Crippen LogP contribution in [-0.2, 0) is 21.2 Å². The van der Waals surface area contributed by atoms with Crippen LogP contribution in [0.5, 0.6) is 0 Å². The maximum absolute atomic E-state index is 12.0. The molecule has 1 atom stereocenters. The van der Waals surface area contributed by atoms with Gasteiger partial charge in [-0.1, -0.05) is 13.8 Å². The molecule has 2 rings (SSSR count). The minimum atomic E-state index is -3.50. The topological polar surface area (TPSA) is 83.5 Å². The van der Waals surface area contributed by atoms with Gasteiger partial charge in [-0.05, 0) is 29.9 Å². The first-order chi connectivity index (χ1) is 8.71. The number of carbonyl (C=O) groups is 1. The summed E-state index contributed by atoms with van der Waals surface area (Å²) in [6.07, 6.45) is 0.889. The second kappa shape index (κ2) is 4.88. The highest BCUT2D eigenvalue weighted by Gasteiger charge is 2.45. The molecule has 0 saturated heterocycles. The predicted molar refractivity (Wildman–Crippen MR) is 72.7 cm³/mol. The first kappa shape index (κ1) is 14.5. The van der Waals surface area contributed by atoms with Crippen LogP contribution < -0.4 is 4.72 Å². The highest BCUT2D eigenvalue weighted by atomic mass is 32.2. The number of nitrogens with one attached hydrogen (secondary N) is 1. The third-order valence-corrected chi connectivity index (χ3v) is 6.47. The molecule has 2 N–H and O–H groups in total. The van der Waals surface area contributed by atoms with Crippen LogP contribution >= 0.6 is 11.3 Å². The quantitative estimate of drug-likeness (QED) is 0.838. The second-order valence-electron chi connectivity index (χ2n) is 5.53. The van der Waals surface area contributed by atoms with E-state index >= 15 is 0 Å². The molecule has 1 aliphatic rings. The van der Waals surface area contributed by atoms with E-state index in [4.69, 9.17) is 5.11 Å². The van der Waals surface area contributed by atoms with E-state index in [1.54, 1.807) is 6.07 Å². The summed E-state index contributed by atoms with van der Waals surface area (Å²) >= 11 is 1.01. The summed E-state index contributed by atoms with van der Waals surface area (Å²) in [6, 6.07) is 3.01. The molecular formula is C12H17NO4S2. The van der Waals surface area contributed by atoms with E-state index in [0.29, 0.717) is 17.3 Å². The van der Waals surface area contributed by atoms with E-state index in [1.807, 2.05) is 0 Å². The van der Waals surface area contributed by atoms with Gasteiger partial charge in [-0.25, -0.2) is 13.1 Å². The summed E-state index contributed by atoms with van der Waals surface area (Å²) in [6.45, 7) is 4.67. The predicted octanol–water partition coefficient (Wildman–Crippen LogP) is 1.70. The number of rotatable bonds is 6. The highest BCUT2D eigenvalue weighted by Crippen LogP contribution is 2.51. The molecular weight excluding hydrogens is 286 g/mol. The number of aliphatic carboxylic acids is 1. The minimum Gasteiger partial charge on any atom is -0.481 e. The van der Waals surface area contributed by atoms with Crippen molar-refractivity contribution in [3.05, 3.63) is 17.0 Å². The van der Waals surface area contributed by atoms with E-state index in [-0.39, 0.29) is 16.0 Å². The molecule has 0 spiro atoms. The average molecular weight is 303 g/mol. The summed E-state index contributed by atoms with van der Waals surface area (Å²) < 4.78 is 26.8. The van der Waals surface area contributed by atoms with Gasteiger partial charge in [-0.3, -0.25) is 4.79 Å². The average Bonchev–Trinajstić information content (AvgIpc) is 2.70. The van der Waals surface area contributed by atoms with Crippen LogP contribution in [0.2, 0.25) is 0 Å². The fourth-order valence-corrected chi connectivity index (χ4v) is 4.43. The molecule has 5 nitrogen and oxygen atoms in total. The molecule has 0 bridgehead atoms. The van der Waals surface area contributed by atoms with Gasteiger partial charge in [0.25, 0.3) is 0 Å². The minimum absolute atomic E-state index is 0.143. The number of carboxylic acids is 1. The van der Waals surface area contributed by atoms with Crippen molar-refractivity contribution < 1.29 is 18.3 Å². The maximum Gasteiger partial charge on any atom is 0.308 e. The molecule has 0 aromatic carbocycles. The maximum atomic E-state index is 12.0. The second-order valence-corrected chi connectivity index (χ2v) is 8.69. The summed E-state index contributed by atoms with van der Waals surface area (Å²) in [7, 11) is -3.50. The van der Waals surface area contributed by atoms with Gasteiger partial charge in [0.1, 0.15) is 4.21 Å². The van der Waals surface area contributed by atoms with Gasteiger partial charge in [0.15, 0.2) is 0 Å². The van der Waals surface area contributed by atoms with E-state index in [2.05, 4.69) is 18.6 Å². The molecule has 1 unspecified atom stereocenters. The van der Waals surface area contributed by atoms with Crippen molar-refractivity contribution in [3.63, 3.8) is 0 Å². The molecule has 0 amide bonds. The van der Waals surface area contributed by atoms with Gasteiger partial charge in [0, 0.05) is 11.4 Å². The lowest BCUT2D eigenvalue weighted by Crippen LogP contribution is -2.26. The Balaban J connectivity index is 1.99. The summed E-state index contributed by atoms with van der Waals surface area (Å²) in [4.78, 5) is 11.1. The van der Waals surface area contributed by atoms with Gasteiger partial charge in [0.2, 0.25) is 10.0 Å². The lowest BCUT2D eigenvalue weighted by Gasteiger charge is -2.05. The molecule has 19 heavy (non-hydrogen) atoms. The Morgan fingerprint density at radius 2 is 2.16 bits per heavy atom. The number of sulfonamides is 1. The Bertz CT molecular complexity index is 589. The van der Waals surface area contributed by atoms with Gasteiger partial charge < -0.3 is 5.11 Å². The SMILES string of the molecule is CC1(C)CC1CNS(=O)(=O)c1ccc(CC(=O)O)s1. The molecule has 106 valence electrons. The number of hydrogen-bond donors (Lipinski definition) is 2. The zero-order valence-electron chi connectivity index (χ0n) is 10.8. The van der Waals surface area contributed by atoms with Crippen LogP contribution in [0.4, 0.5) is 0 Å². The first-order valence-corrected chi connectivity index (χ1v) is 8.31. The van der Waals surface area contributed by atoms with Gasteiger partial charge in [0.05, 0.1) is 6.42 Å². The van der Waals surface area contributed by atoms with Crippen LogP contribution in [0.1, 0.15) is 25.1 Å². The van der Waals surface area contributed by atoms with E-state index in [9.17, 15) is 13.2 Å². The van der Waals surface area contributed by atoms with E-state index in [1.165, 1.54) is 6.07 Å². The Labute approximate surface area is 116 Å². The number of thiophene rings is 1. The van der Waals surface area contributed by atoms with Crippen LogP contribution in [-0.4, -0.2) is 26.0 Å². The van der Waals surface area contributed by atoms with Crippen LogP contribution in [0, 0.1) is 11.3 Å². The van der Waals surface area contributed by atoms with Gasteiger partial charge >= 0.3 is 5.97 Å². The Kier molecular flexibility index (Phi) is 3.72. The summed E-state index contributed by atoms with van der Waals surface area (Å²) in [5, 5.41) is 8.66. The zero-order chi connectivity index (χ0) is 14.3. The third-order valence-electron chi connectivity index (χ3n) is 3.46. The third kappa shape index (κ3) is 3.55. The molecule has 1 aromatic rings. The molecule has 1 saturated carbocycles. The largest absolute Gasteiger partial charge is 0.481 e. The fraction of sp³-hybridized carbons (Fsp3) is 0.583. The molecule has 0 aliphatic heterocycles. The van der Waals surface area contributed by atoms with E-state index < -0.39 is 16.0 Å². The van der Waals surface area contributed by atoms with E-state index in [0.717, 1.165) is 17.8 Å². The van der Waals surface area contributed by atoms with Crippen molar-refractivity contribution in [2.45, 2.75) is 30.9 Å². The number of hydrogen-bond acceptors (Lipinski definition) is 4. The summed E-state index contributed by atoms with van der Waals surface area (Å²) in [5.41, 5.74) is 0.229. The Hall–Kier alpha value is -0.920. The van der Waals surface area contributed by atoms with Crippen molar-refractivity contribution in [1.29, 1.82) is 0 Å². The molecule has 1 heterocycles. The Morgan fingerprint density at radius 3 is 2.68 bits per heavy atom. The molecule has 1 fully saturated rings. The lowest BCUT2D eigenvalue weighted by atomic mass is 10.1. The molecule has 1 aliphatic carbocycles. The normalized spacial score (nSPS) is 21.3. The first-order valence-electron chi connectivity index (χ1n) is 6.01. The molecule has 1 aromatic heterocycles. The smallest absolute Gasteiger partial charge is 0.308 e. The number of carboxylic acid groups (broad SMARTS) is 1. The van der Waals surface area contributed by atoms with Crippen molar-refractivity contribution >= 4 is 27.3 Å². The lowest BCUT2D eigenvalue weighted by molar-refractivity contribution is -0.136. The van der Waals surface area contributed by atoms with Crippen molar-refractivity contribution in [3.8, 4) is 0 Å². The molecule has 7 heteroatoms. The fourth-order valence-electron chi connectivity index (χ4n) is 1.95. The highest BCUT2D eigenvalue weighted by molar-refractivity contribution is 7.91. The van der Waals surface area contributed by atoms with Crippen molar-refractivity contribution in [2.75, 3.05) is 6.54 Å². The van der Waals surface area contributed by atoms with Crippen LogP contribution in [0.25, 0.3) is 0 Å². The Morgan fingerprint density at radius 1 is 1.53 bits per heavy atom. The van der Waals surface area contributed by atoms with Crippen LogP contribution in [0.15, 0.2) is 16.3 Å². The zero-order valence-corrected chi connectivity index (χ0v) is 12.5. The van der Waals surface area contributed by atoms with Gasteiger partial charge in [-0.15, -0.1) is 11.3 Å². The van der Waals surface area contributed by atoms with Crippen molar-refractivity contribution in [1.82, 2.24) is 4.72 Å². The van der Waals surface area contributed by atoms with Crippen molar-refractivity contribution in [2.24, 2.45) is 11.3 Å². The molecule has 0 radical (unpaired) electrons. The summed E-state index contributed by atoms with van der Waals surface area (Å²) in [5.74, 6) is -0.570.